The van der Waals surface area contributed by atoms with Gasteiger partial charge in [0, 0.05) is 12.4 Å². The molecule has 2 rings (SSSR count). The van der Waals surface area contributed by atoms with Crippen molar-refractivity contribution in [2.45, 2.75) is 46.1 Å². The summed E-state index contributed by atoms with van der Waals surface area (Å²) >= 11 is 0. The van der Waals surface area contributed by atoms with Gasteiger partial charge in [-0.3, -0.25) is 4.79 Å². The predicted octanol–water partition coefficient (Wildman–Crippen LogP) is 2.88. The molecule has 4 nitrogen and oxygen atoms in total. The first-order chi connectivity index (χ1) is 8.48. The summed E-state index contributed by atoms with van der Waals surface area (Å²) in [6, 6.07) is 0.371. The molecule has 0 aromatic carbocycles. The number of carbonyl (C=O) groups excluding carboxylic acids is 1. The van der Waals surface area contributed by atoms with Crippen molar-refractivity contribution in [1.82, 2.24) is 9.97 Å². The molecular formula is C14H20N2O2. The van der Waals surface area contributed by atoms with Gasteiger partial charge in [0.25, 0.3) is 0 Å². The van der Waals surface area contributed by atoms with E-state index in [4.69, 9.17) is 4.74 Å². The summed E-state index contributed by atoms with van der Waals surface area (Å²) in [5, 5.41) is 0. The van der Waals surface area contributed by atoms with Gasteiger partial charge in [-0.25, -0.2) is 9.97 Å². The van der Waals surface area contributed by atoms with E-state index in [1.54, 1.807) is 0 Å². The molecule has 0 spiro atoms. The van der Waals surface area contributed by atoms with Crippen LogP contribution in [0.3, 0.4) is 0 Å². The molecule has 0 saturated heterocycles. The Morgan fingerprint density at radius 2 is 2.00 bits per heavy atom. The molecule has 1 fully saturated rings. The van der Waals surface area contributed by atoms with Gasteiger partial charge in [-0.2, -0.15) is 0 Å². The van der Waals surface area contributed by atoms with Crippen LogP contribution in [0.2, 0.25) is 0 Å². The highest BCUT2D eigenvalue weighted by Gasteiger charge is 2.33. The maximum Gasteiger partial charge on any atom is 0.316 e. The largest absolute Gasteiger partial charge is 0.460 e. The molecule has 2 unspecified atom stereocenters. The highest BCUT2D eigenvalue weighted by molar-refractivity contribution is 5.73. The molecule has 18 heavy (non-hydrogen) atoms. The zero-order valence-corrected chi connectivity index (χ0v) is 11.2. The fourth-order valence-corrected chi connectivity index (χ4v) is 2.95. The second-order valence-electron chi connectivity index (χ2n) is 6.07. The van der Waals surface area contributed by atoms with Crippen LogP contribution in [-0.4, -0.2) is 22.4 Å². The highest BCUT2D eigenvalue weighted by atomic mass is 16.5. The first-order valence-electron chi connectivity index (χ1n) is 6.42. The lowest BCUT2D eigenvalue weighted by atomic mass is 9.71. The Morgan fingerprint density at radius 3 is 2.56 bits per heavy atom. The van der Waals surface area contributed by atoms with Crippen molar-refractivity contribution in [1.29, 1.82) is 0 Å². The lowest BCUT2D eigenvalue weighted by molar-refractivity contribution is 0.0499. The van der Waals surface area contributed by atoms with E-state index in [1.807, 2.05) is 0 Å². The average molecular weight is 248 g/mol. The van der Waals surface area contributed by atoms with Gasteiger partial charge in [0.05, 0.1) is 5.56 Å². The third-order valence-corrected chi connectivity index (χ3v) is 3.40. The highest BCUT2D eigenvalue weighted by Crippen LogP contribution is 2.39. The maximum atomic E-state index is 10.5. The Morgan fingerprint density at radius 1 is 1.33 bits per heavy atom. The van der Waals surface area contributed by atoms with Gasteiger partial charge in [0.2, 0.25) is 0 Å². The lowest BCUT2D eigenvalue weighted by Gasteiger charge is -2.38. The van der Waals surface area contributed by atoms with Gasteiger partial charge in [-0.15, -0.1) is 0 Å². The summed E-state index contributed by atoms with van der Waals surface area (Å²) in [5.41, 5.74) is 0.783. The van der Waals surface area contributed by atoms with Crippen LogP contribution in [-0.2, 0) is 0 Å². The zero-order valence-electron chi connectivity index (χ0n) is 11.2. The van der Waals surface area contributed by atoms with Crippen LogP contribution in [0.15, 0.2) is 12.4 Å². The molecule has 98 valence electrons. The maximum absolute atomic E-state index is 10.5. The van der Waals surface area contributed by atoms with E-state index in [2.05, 4.69) is 30.7 Å². The van der Waals surface area contributed by atoms with Crippen molar-refractivity contribution < 1.29 is 9.53 Å². The van der Waals surface area contributed by atoms with Crippen LogP contribution in [0.5, 0.6) is 6.01 Å². The van der Waals surface area contributed by atoms with Crippen molar-refractivity contribution >= 4 is 6.29 Å². The second-order valence-corrected chi connectivity index (χ2v) is 6.07. The summed E-state index contributed by atoms with van der Waals surface area (Å²) in [5.74, 6) is 0.660. The Kier molecular flexibility index (Phi) is 3.64. The number of ether oxygens (including phenoxy) is 1. The molecule has 0 amide bonds. The zero-order chi connectivity index (χ0) is 13.2. The van der Waals surface area contributed by atoms with Crippen molar-refractivity contribution in [2.75, 3.05) is 0 Å². The van der Waals surface area contributed by atoms with Crippen LogP contribution >= 0.6 is 0 Å². The minimum Gasteiger partial charge on any atom is -0.460 e. The standard InChI is InChI=1S/C14H20N2O2/c1-10-4-12(6-14(2,3)5-10)18-13-15-7-11(9-17)8-16-13/h7-10,12H,4-6H2,1-3H3. The summed E-state index contributed by atoms with van der Waals surface area (Å²) < 4.78 is 5.82. The molecule has 2 atom stereocenters. The van der Waals surface area contributed by atoms with E-state index >= 15 is 0 Å². The van der Waals surface area contributed by atoms with E-state index in [-0.39, 0.29) is 6.10 Å². The summed E-state index contributed by atoms with van der Waals surface area (Å²) in [7, 11) is 0. The molecule has 1 saturated carbocycles. The molecule has 1 aromatic heterocycles. The molecule has 0 radical (unpaired) electrons. The summed E-state index contributed by atoms with van der Waals surface area (Å²) in [6.07, 6.45) is 7.19. The van der Waals surface area contributed by atoms with Crippen molar-refractivity contribution in [3.05, 3.63) is 18.0 Å². The number of aldehydes is 1. The first kappa shape index (κ1) is 13.0. The van der Waals surface area contributed by atoms with Gasteiger partial charge in [0.15, 0.2) is 6.29 Å². The van der Waals surface area contributed by atoms with E-state index in [1.165, 1.54) is 18.8 Å². The number of nitrogens with zero attached hydrogens (tertiary/aromatic N) is 2. The smallest absolute Gasteiger partial charge is 0.316 e. The molecule has 4 heteroatoms. The lowest BCUT2D eigenvalue weighted by Crippen LogP contribution is -2.34. The van der Waals surface area contributed by atoms with Gasteiger partial charge in [-0.05, 0) is 30.6 Å². The van der Waals surface area contributed by atoms with Gasteiger partial charge < -0.3 is 4.74 Å². The SMILES string of the molecule is CC1CC(Oc2ncc(C=O)cn2)CC(C)(C)C1. The third kappa shape index (κ3) is 3.28. The molecule has 1 heterocycles. The minimum absolute atomic E-state index is 0.172. The fraction of sp³-hybridized carbons (Fsp3) is 0.643. The quantitative estimate of drug-likeness (QED) is 0.772. The van der Waals surface area contributed by atoms with Crippen molar-refractivity contribution in [2.24, 2.45) is 11.3 Å². The number of hydrogen-bond donors (Lipinski definition) is 0. The Bertz CT molecular complexity index is 414. The number of rotatable bonds is 3. The third-order valence-electron chi connectivity index (χ3n) is 3.40. The molecule has 0 aliphatic heterocycles. The van der Waals surface area contributed by atoms with Crippen LogP contribution in [0.4, 0.5) is 0 Å². The Labute approximate surface area is 108 Å². The number of carbonyl (C=O) groups is 1. The number of aromatic nitrogens is 2. The average Bonchev–Trinajstić information content (AvgIpc) is 2.27. The molecule has 0 bridgehead atoms. The summed E-state index contributed by atoms with van der Waals surface area (Å²) in [4.78, 5) is 18.6. The van der Waals surface area contributed by atoms with Crippen LogP contribution in [0, 0.1) is 11.3 Å². The second kappa shape index (κ2) is 5.04. The normalized spacial score (nSPS) is 26.6. The Hall–Kier alpha value is -1.45. The molecule has 0 N–H and O–H groups in total. The summed E-state index contributed by atoms with van der Waals surface area (Å²) in [6.45, 7) is 6.80. The van der Waals surface area contributed by atoms with E-state index in [9.17, 15) is 4.79 Å². The van der Waals surface area contributed by atoms with E-state index < -0.39 is 0 Å². The molecule has 1 aliphatic rings. The Balaban J connectivity index is 2.01. The molecule has 1 aromatic rings. The topological polar surface area (TPSA) is 52.1 Å². The minimum atomic E-state index is 0.172. The van der Waals surface area contributed by atoms with Crippen LogP contribution in [0.1, 0.15) is 50.4 Å². The van der Waals surface area contributed by atoms with E-state index in [0.717, 1.165) is 19.1 Å². The van der Waals surface area contributed by atoms with Crippen molar-refractivity contribution in [3.8, 4) is 6.01 Å². The fourth-order valence-electron chi connectivity index (χ4n) is 2.95. The predicted molar refractivity (Wildman–Crippen MR) is 68.6 cm³/mol. The van der Waals surface area contributed by atoms with Gasteiger partial charge in [0.1, 0.15) is 6.10 Å². The van der Waals surface area contributed by atoms with Crippen molar-refractivity contribution in [3.63, 3.8) is 0 Å². The van der Waals surface area contributed by atoms with Crippen LogP contribution in [0.25, 0.3) is 0 Å². The molecular weight excluding hydrogens is 228 g/mol. The number of hydrogen-bond acceptors (Lipinski definition) is 4. The molecule has 1 aliphatic carbocycles. The first-order valence-corrected chi connectivity index (χ1v) is 6.42. The van der Waals surface area contributed by atoms with Crippen LogP contribution < -0.4 is 4.74 Å². The van der Waals surface area contributed by atoms with Gasteiger partial charge in [-0.1, -0.05) is 20.8 Å². The van der Waals surface area contributed by atoms with Gasteiger partial charge >= 0.3 is 6.01 Å². The monoisotopic (exact) mass is 248 g/mol. The van der Waals surface area contributed by atoms with E-state index in [0.29, 0.717) is 22.9 Å².